The number of aliphatic carboxylic acids is 2. The van der Waals surface area contributed by atoms with Crippen LogP contribution in [0.4, 0.5) is 5.69 Å². The number of carboxylic acid groups (broad SMARTS) is 2. The van der Waals surface area contributed by atoms with E-state index in [0.717, 1.165) is 4.90 Å². The highest BCUT2D eigenvalue weighted by Crippen LogP contribution is 2.18. The molecule has 0 aromatic heterocycles. The highest BCUT2D eigenvalue weighted by atomic mass is 16.4. The molecule has 0 amide bonds. The van der Waals surface area contributed by atoms with E-state index in [4.69, 9.17) is 15.5 Å². The molecule has 0 heterocycles. The summed E-state index contributed by atoms with van der Waals surface area (Å²) >= 11 is 0. The van der Waals surface area contributed by atoms with Crippen LogP contribution in [0.25, 0.3) is 0 Å². The van der Waals surface area contributed by atoms with Crippen molar-refractivity contribution >= 4 is 17.6 Å². The Bertz CT molecular complexity index is 463. The lowest BCUT2D eigenvalue weighted by molar-refractivity contribution is -0.136. The van der Waals surface area contributed by atoms with Crippen molar-refractivity contribution in [2.24, 2.45) is 0 Å². The molecule has 1 aromatic rings. The lowest BCUT2D eigenvalue weighted by Crippen LogP contribution is -2.34. The maximum atomic E-state index is 10.6. The topological polar surface area (TPSA) is 102 Å². The Morgan fingerprint density at radius 2 is 1.71 bits per heavy atom. The van der Waals surface area contributed by atoms with Gasteiger partial charge in [0.2, 0.25) is 0 Å². The first-order valence-electron chi connectivity index (χ1n) is 4.72. The molecular weight excluding hydrogens is 224 g/mol. The van der Waals surface area contributed by atoms with Gasteiger partial charge in [-0.3, -0.25) is 9.59 Å². The van der Waals surface area contributed by atoms with Gasteiger partial charge in [0.15, 0.2) is 0 Å². The first-order valence-corrected chi connectivity index (χ1v) is 4.72. The minimum Gasteiger partial charge on any atom is -0.480 e. The quantitative estimate of drug-likeness (QED) is 0.770. The fraction of sp³-hybridized carbons (Fsp3) is 0.182. The molecule has 17 heavy (non-hydrogen) atoms. The number of benzene rings is 1. The lowest BCUT2D eigenvalue weighted by atomic mass is 10.1. The first-order chi connectivity index (χ1) is 8.04. The number of carboxylic acids is 2. The molecule has 0 radical (unpaired) electrons. The van der Waals surface area contributed by atoms with E-state index in [1.807, 2.05) is 6.07 Å². The van der Waals surface area contributed by atoms with Gasteiger partial charge in [0.05, 0.1) is 11.3 Å². The third-order valence-corrected chi connectivity index (χ3v) is 2.02. The molecule has 0 unspecified atom stereocenters. The van der Waals surface area contributed by atoms with Crippen LogP contribution in [0, 0.1) is 11.3 Å². The van der Waals surface area contributed by atoms with Gasteiger partial charge in [-0.15, -0.1) is 0 Å². The molecule has 0 bridgehead atoms. The smallest absolute Gasteiger partial charge is 0.323 e. The molecule has 0 saturated heterocycles. The SMILES string of the molecule is N#Cc1ccccc1N(CC(=O)O)CC(=O)O. The summed E-state index contributed by atoms with van der Waals surface area (Å²) in [5, 5.41) is 26.3. The van der Waals surface area contributed by atoms with Gasteiger partial charge in [-0.25, -0.2) is 0 Å². The van der Waals surface area contributed by atoms with Gasteiger partial charge in [-0.2, -0.15) is 5.26 Å². The molecule has 0 atom stereocenters. The highest BCUT2D eigenvalue weighted by Gasteiger charge is 2.16. The van der Waals surface area contributed by atoms with Crippen molar-refractivity contribution in [1.29, 1.82) is 5.26 Å². The number of anilines is 1. The Balaban J connectivity index is 3.07. The highest BCUT2D eigenvalue weighted by molar-refractivity contribution is 5.80. The van der Waals surface area contributed by atoms with E-state index in [0.29, 0.717) is 5.69 Å². The Labute approximate surface area is 97.3 Å². The van der Waals surface area contributed by atoms with Crippen LogP contribution >= 0.6 is 0 Å². The Morgan fingerprint density at radius 3 is 2.18 bits per heavy atom. The molecule has 6 nitrogen and oxygen atoms in total. The number of para-hydroxylation sites is 1. The summed E-state index contributed by atoms with van der Waals surface area (Å²) in [5.41, 5.74) is 0.551. The van der Waals surface area contributed by atoms with Crippen LogP contribution < -0.4 is 4.90 Å². The molecule has 88 valence electrons. The fourth-order valence-electron chi connectivity index (χ4n) is 1.40. The number of rotatable bonds is 5. The summed E-state index contributed by atoms with van der Waals surface area (Å²) in [6.07, 6.45) is 0. The molecule has 1 aromatic carbocycles. The van der Waals surface area contributed by atoms with Crippen molar-refractivity contribution in [3.63, 3.8) is 0 Å². The zero-order valence-electron chi connectivity index (χ0n) is 8.83. The van der Waals surface area contributed by atoms with E-state index < -0.39 is 25.0 Å². The summed E-state index contributed by atoms with van der Waals surface area (Å²) in [5.74, 6) is -2.31. The monoisotopic (exact) mass is 234 g/mol. The summed E-state index contributed by atoms with van der Waals surface area (Å²) < 4.78 is 0. The second kappa shape index (κ2) is 5.51. The van der Waals surface area contributed by atoms with E-state index in [9.17, 15) is 9.59 Å². The summed E-state index contributed by atoms with van der Waals surface area (Å²) in [7, 11) is 0. The van der Waals surface area contributed by atoms with Crippen LogP contribution in [-0.2, 0) is 9.59 Å². The molecular formula is C11H10N2O4. The van der Waals surface area contributed by atoms with E-state index in [-0.39, 0.29) is 5.56 Å². The predicted molar refractivity (Wildman–Crippen MR) is 58.6 cm³/mol. The van der Waals surface area contributed by atoms with E-state index in [1.165, 1.54) is 12.1 Å². The molecule has 0 fully saturated rings. The Kier molecular flexibility index (Phi) is 4.06. The van der Waals surface area contributed by atoms with Gasteiger partial charge < -0.3 is 15.1 Å². The molecule has 0 saturated carbocycles. The van der Waals surface area contributed by atoms with Crippen molar-refractivity contribution in [3.8, 4) is 6.07 Å². The molecule has 1 rings (SSSR count). The number of nitrogens with zero attached hydrogens (tertiary/aromatic N) is 2. The van der Waals surface area contributed by atoms with Crippen molar-refractivity contribution in [3.05, 3.63) is 29.8 Å². The minimum atomic E-state index is -1.15. The van der Waals surface area contributed by atoms with Gasteiger partial charge in [-0.1, -0.05) is 12.1 Å². The number of carbonyl (C=O) groups is 2. The molecule has 0 aliphatic carbocycles. The standard InChI is InChI=1S/C11H10N2O4/c12-5-8-3-1-2-4-9(8)13(6-10(14)15)7-11(16)17/h1-4H,6-7H2,(H,14,15)(H,16,17). The van der Waals surface area contributed by atoms with Crippen LogP contribution in [0.5, 0.6) is 0 Å². The van der Waals surface area contributed by atoms with Gasteiger partial charge in [0, 0.05) is 0 Å². The first kappa shape index (κ1) is 12.5. The third kappa shape index (κ3) is 3.50. The zero-order chi connectivity index (χ0) is 12.8. The van der Waals surface area contributed by atoms with E-state index in [1.54, 1.807) is 12.1 Å². The van der Waals surface area contributed by atoms with Crippen molar-refractivity contribution in [2.45, 2.75) is 0 Å². The van der Waals surface area contributed by atoms with Crippen molar-refractivity contribution in [1.82, 2.24) is 0 Å². The van der Waals surface area contributed by atoms with Gasteiger partial charge in [0.25, 0.3) is 0 Å². The van der Waals surface area contributed by atoms with Gasteiger partial charge >= 0.3 is 11.9 Å². The molecule has 0 aliphatic rings. The van der Waals surface area contributed by atoms with Crippen LogP contribution in [0.2, 0.25) is 0 Å². The summed E-state index contributed by atoms with van der Waals surface area (Å²) in [6.45, 7) is -0.935. The third-order valence-electron chi connectivity index (χ3n) is 2.02. The zero-order valence-corrected chi connectivity index (χ0v) is 8.83. The van der Waals surface area contributed by atoms with Gasteiger partial charge in [0.1, 0.15) is 19.2 Å². The second-order valence-electron chi connectivity index (χ2n) is 3.27. The maximum Gasteiger partial charge on any atom is 0.323 e. The predicted octanol–water partition coefficient (Wildman–Crippen LogP) is 0.534. The maximum absolute atomic E-state index is 10.6. The Morgan fingerprint density at radius 1 is 1.18 bits per heavy atom. The van der Waals surface area contributed by atoms with Crippen LogP contribution in [0.3, 0.4) is 0 Å². The van der Waals surface area contributed by atoms with Crippen molar-refractivity contribution < 1.29 is 19.8 Å². The van der Waals surface area contributed by atoms with Crippen LogP contribution in [-0.4, -0.2) is 35.2 Å². The van der Waals surface area contributed by atoms with Crippen LogP contribution in [0.1, 0.15) is 5.56 Å². The number of hydrogen-bond donors (Lipinski definition) is 2. The largest absolute Gasteiger partial charge is 0.480 e. The minimum absolute atomic E-state index is 0.245. The van der Waals surface area contributed by atoms with E-state index in [2.05, 4.69) is 0 Å². The molecule has 6 heteroatoms. The number of nitriles is 1. The lowest BCUT2D eigenvalue weighted by Gasteiger charge is -2.21. The molecule has 2 N–H and O–H groups in total. The average molecular weight is 234 g/mol. The van der Waals surface area contributed by atoms with Crippen LogP contribution in [0.15, 0.2) is 24.3 Å². The fourth-order valence-corrected chi connectivity index (χ4v) is 1.40. The molecule has 0 spiro atoms. The average Bonchev–Trinajstić information content (AvgIpc) is 2.27. The summed E-state index contributed by atoms with van der Waals surface area (Å²) in [6, 6.07) is 8.16. The Hall–Kier alpha value is -2.55. The molecule has 0 aliphatic heterocycles. The van der Waals surface area contributed by atoms with Crippen molar-refractivity contribution in [2.75, 3.05) is 18.0 Å². The number of hydrogen-bond acceptors (Lipinski definition) is 4. The normalized spacial score (nSPS) is 9.35. The summed E-state index contributed by atoms with van der Waals surface area (Å²) in [4.78, 5) is 22.4. The second-order valence-corrected chi connectivity index (χ2v) is 3.27. The van der Waals surface area contributed by atoms with Gasteiger partial charge in [-0.05, 0) is 12.1 Å². The van der Waals surface area contributed by atoms with E-state index >= 15 is 0 Å².